The lowest BCUT2D eigenvalue weighted by Crippen LogP contribution is -2.36. The van der Waals surface area contributed by atoms with Gasteiger partial charge < -0.3 is 4.74 Å². The van der Waals surface area contributed by atoms with Crippen LogP contribution in [0.5, 0.6) is 0 Å². The predicted octanol–water partition coefficient (Wildman–Crippen LogP) is 3.63. The van der Waals surface area contributed by atoms with Crippen molar-refractivity contribution >= 4 is 23.5 Å². The lowest BCUT2D eigenvalue weighted by molar-refractivity contribution is -0.173. The fourth-order valence-corrected chi connectivity index (χ4v) is 2.23. The number of ketones is 2. The molecule has 0 atom stereocenters. The molecule has 0 unspecified atom stereocenters. The number of rotatable bonds is 10. The molecule has 0 bridgehead atoms. The van der Waals surface area contributed by atoms with Crippen LogP contribution in [0.15, 0.2) is 0 Å². The number of hydrogen-bond acceptors (Lipinski definition) is 5. The van der Waals surface area contributed by atoms with Gasteiger partial charge in [0.1, 0.15) is 11.6 Å². The van der Waals surface area contributed by atoms with E-state index in [9.17, 15) is 19.2 Å². The Bertz CT molecular complexity index is 418. The Labute approximate surface area is 139 Å². The smallest absolute Gasteiger partial charge is 0.319 e. The van der Waals surface area contributed by atoms with Crippen molar-refractivity contribution in [3.05, 3.63) is 0 Å². The third-order valence-corrected chi connectivity index (χ3v) is 3.63. The van der Waals surface area contributed by atoms with E-state index in [2.05, 4.69) is 0 Å². The lowest BCUT2D eigenvalue weighted by atomic mass is 9.85. The lowest BCUT2D eigenvalue weighted by Gasteiger charge is -2.25. The van der Waals surface area contributed by atoms with Gasteiger partial charge in [0.15, 0.2) is 0 Å². The minimum Gasteiger partial charge on any atom is -0.392 e. The van der Waals surface area contributed by atoms with E-state index >= 15 is 0 Å². The van der Waals surface area contributed by atoms with Crippen LogP contribution in [0.2, 0.25) is 0 Å². The van der Waals surface area contributed by atoms with Gasteiger partial charge in [0.25, 0.3) is 0 Å². The van der Waals surface area contributed by atoms with Crippen LogP contribution in [-0.2, 0) is 23.9 Å². The molecule has 0 amide bonds. The molecule has 0 aromatic carbocycles. The molecule has 0 aliphatic rings. The van der Waals surface area contributed by atoms with Gasteiger partial charge in [0.2, 0.25) is 0 Å². The van der Waals surface area contributed by atoms with E-state index in [0.29, 0.717) is 12.8 Å². The van der Waals surface area contributed by atoms with Crippen LogP contribution in [0.4, 0.5) is 0 Å². The summed E-state index contributed by atoms with van der Waals surface area (Å²) < 4.78 is 4.96. The maximum atomic E-state index is 12.2. The van der Waals surface area contributed by atoms with Crippen molar-refractivity contribution in [2.45, 2.75) is 80.1 Å². The standard InChI is InChI=1S/C18H30O5/c1-7-9-13(19)11-17(3,4)15(21)23-16(22)18(5,6)12-14(20)10-8-2/h7-12H2,1-6H3. The normalized spacial score (nSPS) is 11.9. The third-order valence-electron chi connectivity index (χ3n) is 3.63. The Morgan fingerprint density at radius 1 is 0.696 bits per heavy atom. The summed E-state index contributed by atoms with van der Waals surface area (Å²) in [6, 6.07) is 0. The van der Waals surface area contributed by atoms with Crippen molar-refractivity contribution in [2.24, 2.45) is 10.8 Å². The highest BCUT2D eigenvalue weighted by Crippen LogP contribution is 2.28. The molecule has 132 valence electrons. The molecule has 0 aromatic rings. The summed E-state index contributed by atoms with van der Waals surface area (Å²) in [6.07, 6.45) is 2.33. The van der Waals surface area contributed by atoms with Crippen molar-refractivity contribution in [1.29, 1.82) is 0 Å². The molecule has 0 saturated carbocycles. The number of ether oxygens (including phenoxy) is 1. The molecule has 5 heteroatoms. The SMILES string of the molecule is CCCC(=O)CC(C)(C)C(=O)OC(=O)C(C)(C)CC(=O)CCC. The first-order valence-electron chi connectivity index (χ1n) is 8.26. The Kier molecular flexibility index (Phi) is 8.35. The second kappa shape index (κ2) is 8.94. The summed E-state index contributed by atoms with van der Waals surface area (Å²) in [4.78, 5) is 47.8. The number of esters is 2. The molecular weight excluding hydrogens is 296 g/mol. The summed E-state index contributed by atoms with van der Waals surface area (Å²) >= 11 is 0. The fraction of sp³-hybridized carbons (Fsp3) is 0.778. The summed E-state index contributed by atoms with van der Waals surface area (Å²) in [6.45, 7) is 10.1. The zero-order chi connectivity index (χ0) is 18.3. The first-order chi connectivity index (χ1) is 10.5. The van der Waals surface area contributed by atoms with Crippen LogP contribution >= 0.6 is 0 Å². The summed E-state index contributed by atoms with van der Waals surface area (Å²) in [5.41, 5.74) is -2.10. The van der Waals surface area contributed by atoms with Gasteiger partial charge in [-0.2, -0.15) is 0 Å². The number of carbonyl (C=O) groups is 4. The second-order valence-electron chi connectivity index (χ2n) is 7.38. The van der Waals surface area contributed by atoms with Crippen LogP contribution < -0.4 is 0 Å². The van der Waals surface area contributed by atoms with Crippen LogP contribution in [0, 0.1) is 10.8 Å². The fourth-order valence-electron chi connectivity index (χ4n) is 2.23. The van der Waals surface area contributed by atoms with Gasteiger partial charge >= 0.3 is 11.9 Å². The summed E-state index contributed by atoms with van der Waals surface area (Å²) in [5, 5.41) is 0. The van der Waals surface area contributed by atoms with Gasteiger partial charge in [-0.15, -0.1) is 0 Å². The summed E-state index contributed by atoms with van der Waals surface area (Å²) in [5.74, 6) is -1.50. The molecule has 0 N–H and O–H groups in total. The van der Waals surface area contributed by atoms with Gasteiger partial charge in [-0.05, 0) is 40.5 Å². The highest BCUT2D eigenvalue weighted by atomic mass is 16.6. The molecular formula is C18H30O5. The van der Waals surface area contributed by atoms with E-state index in [0.717, 1.165) is 12.8 Å². The molecule has 0 radical (unpaired) electrons. The Morgan fingerprint density at radius 3 is 1.26 bits per heavy atom. The van der Waals surface area contributed by atoms with Crippen molar-refractivity contribution in [3.8, 4) is 0 Å². The predicted molar refractivity (Wildman–Crippen MR) is 87.7 cm³/mol. The number of Topliss-reactive ketones (excluding diaryl/α,β-unsaturated/α-hetero) is 2. The van der Waals surface area contributed by atoms with Crippen LogP contribution in [0.25, 0.3) is 0 Å². The molecule has 0 spiro atoms. The van der Waals surface area contributed by atoms with Gasteiger partial charge in [-0.1, -0.05) is 13.8 Å². The van der Waals surface area contributed by atoms with Gasteiger partial charge in [0, 0.05) is 25.7 Å². The van der Waals surface area contributed by atoms with E-state index in [-0.39, 0.29) is 24.4 Å². The van der Waals surface area contributed by atoms with Crippen LogP contribution in [0.1, 0.15) is 80.1 Å². The highest BCUT2D eigenvalue weighted by Gasteiger charge is 2.38. The van der Waals surface area contributed by atoms with Gasteiger partial charge in [0.05, 0.1) is 10.8 Å². The average Bonchev–Trinajstić information content (AvgIpc) is 2.37. The van der Waals surface area contributed by atoms with Crippen molar-refractivity contribution in [2.75, 3.05) is 0 Å². The zero-order valence-corrected chi connectivity index (χ0v) is 15.3. The van der Waals surface area contributed by atoms with E-state index in [1.54, 1.807) is 27.7 Å². The summed E-state index contributed by atoms with van der Waals surface area (Å²) in [7, 11) is 0. The Morgan fingerprint density at radius 2 is 1.00 bits per heavy atom. The highest BCUT2D eigenvalue weighted by molar-refractivity contribution is 5.95. The monoisotopic (exact) mass is 326 g/mol. The van der Waals surface area contributed by atoms with E-state index in [4.69, 9.17) is 4.74 Å². The minimum atomic E-state index is -1.05. The molecule has 0 aliphatic heterocycles. The van der Waals surface area contributed by atoms with Crippen molar-refractivity contribution < 1.29 is 23.9 Å². The molecule has 0 fully saturated rings. The Hall–Kier alpha value is -1.52. The first kappa shape index (κ1) is 21.5. The Balaban J connectivity index is 4.77. The van der Waals surface area contributed by atoms with E-state index in [1.807, 2.05) is 13.8 Å². The topological polar surface area (TPSA) is 77.5 Å². The van der Waals surface area contributed by atoms with Crippen molar-refractivity contribution in [1.82, 2.24) is 0 Å². The first-order valence-corrected chi connectivity index (χ1v) is 8.26. The third kappa shape index (κ3) is 7.53. The molecule has 0 saturated heterocycles. The molecule has 0 heterocycles. The molecule has 0 rings (SSSR count). The molecule has 0 aromatic heterocycles. The largest absolute Gasteiger partial charge is 0.392 e. The van der Waals surface area contributed by atoms with Gasteiger partial charge in [-0.3, -0.25) is 19.2 Å². The maximum Gasteiger partial charge on any atom is 0.319 e. The zero-order valence-electron chi connectivity index (χ0n) is 15.3. The number of carbonyl (C=O) groups excluding carboxylic acids is 4. The van der Waals surface area contributed by atoms with Crippen molar-refractivity contribution in [3.63, 3.8) is 0 Å². The average molecular weight is 326 g/mol. The molecule has 0 aliphatic carbocycles. The number of hydrogen-bond donors (Lipinski definition) is 0. The maximum absolute atomic E-state index is 12.2. The van der Waals surface area contributed by atoms with E-state index in [1.165, 1.54) is 0 Å². The molecule has 5 nitrogen and oxygen atoms in total. The molecule has 23 heavy (non-hydrogen) atoms. The van der Waals surface area contributed by atoms with Crippen LogP contribution in [-0.4, -0.2) is 23.5 Å². The van der Waals surface area contributed by atoms with Crippen LogP contribution in [0.3, 0.4) is 0 Å². The quantitative estimate of drug-likeness (QED) is 0.452. The van der Waals surface area contributed by atoms with E-state index < -0.39 is 22.8 Å². The van der Waals surface area contributed by atoms with Gasteiger partial charge in [-0.25, -0.2) is 0 Å². The second-order valence-corrected chi connectivity index (χ2v) is 7.38. The minimum absolute atomic E-state index is 0.0284.